The molecule has 0 atom stereocenters. The molecule has 0 aliphatic carbocycles. The number of nitrogens with zero attached hydrogens (tertiary/aromatic N) is 2. The van der Waals surface area contributed by atoms with Crippen LogP contribution >= 0.6 is 0 Å². The number of nitriles is 1. The minimum Gasteiger partial charge on any atom is -0.497 e. The molecule has 0 spiro atoms. The summed E-state index contributed by atoms with van der Waals surface area (Å²) in [6.45, 7) is 1.98. The summed E-state index contributed by atoms with van der Waals surface area (Å²) in [6, 6.07) is 5.82. The highest BCUT2D eigenvalue weighted by molar-refractivity contribution is 5.72. The lowest BCUT2D eigenvalue weighted by atomic mass is 10.0. The Labute approximate surface area is 111 Å². The second-order valence-corrected chi connectivity index (χ2v) is 4.10. The van der Waals surface area contributed by atoms with Crippen LogP contribution in [0.1, 0.15) is 11.4 Å². The Kier molecular flexibility index (Phi) is 3.71. The molecule has 19 heavy (non-hydrogen) atoms. The average molecular weight is 257 g/mol. The molecule has 0 saturated heterocycles. The highest BCUT2D eigenvalue weighted by Crippen LogP contribution is 2.35. The number of rotatable bonds is 4. The summed E-state index contributed by atoms with van der Waals surface area (Å²) in [5.41, 5.74) is 2.78. The van der Waals surface area contributed by atoms with E-state index < -0.39 is 0 Å². The lowest BCUT2D eigenvalue weighted by Crippen LogP contribution is -1.94. The summed E-state index contributed by atoms with van der Waals surface area (Å²) in [5, 5.41) is 8.67. The zero-order valence-corrected chi connectivity index (χ0v) is 11.2. The fourth-order valence-electron chi connectivity index (χ4n) is 2.00. The summed E-state index contributed by atoms with van der Waals surface area (Å²) in [5.74, 6) is 2.11. The van der Waals surface area contributed by atoms with Gasteiger partial charge in [-0.25, -0.2) is 4.98 Å². The monoisotopic (exact) mass is 257 g/mol. The van der Waals surface area contributed by atoms with Crippen molar-refractivity contribution in [3.63, 3.8) is 0 Å². The first-order chi connectivity index (χ1) is 9.19. The van der Waals surface area contributed by atoms with Gasteiger partial charge < -0.3 is 14.5 Å². The van der Waals surface area contributed by atoms with E-state index in [2.05, 4.69) is 16.0 Å². The number of methoxy groups -OCH3 is 2. The molecule has 0 fully saturated rings. The summed E-state index contributed by atoms with van der Waals surface area (Å²) in [4.78, 5) is 7.31. The molecular weight excluding hydrogens is 242 g/mol. The first-order valence-corrected chi connectivity index (χ1v) is 5.83. The number of aromatic amines is 1. The van der Waals surface area contributed by atoms with Gasteiger partial charge in [0.25, 0.3) is 0 Å². The molecule has 5 heteroatoms. The van der Waals surface area contributed by atoms with Crippen LogP contribution in [0.2, 0.25) is 0 Å². The number of nitrogens with one attached hydrogen (secondary N) is 1. The number of hydrogen-bond acceptors (Lipinski definition) is 4. The van der Waals surface area contributed by atoms with Crippen LogP contribution in [0, 0.1) is 18.3 Å². The van der Waals surface area contributed by atoms with Gasteiger partial charge in [0.05, 0.1) is 38.6 Å². The molecule has 0 amide bonds. The molecule has 2 aromatic rings. The lowest BCUT2D eigenvalue weighted by molar-refractivity contribution is 0.395. The Morgan fingerprint density at radius 2 is 2.11 bits per heavy atom. The zero-order chi connectivity index (χ0) is 13.8. The van der Waals surface area contributed by atoms with E-state index in [-0.39, 0.29) is 6.42 Å². The van der Waals surface area contributed by atoms with Crippen LogP contribution in [-0.4, -0.2) is 24.2 Å². The molecule has 1 aromatic heterocycles. The summed E-state index contributed by atoms with van der Waals surface area (Å²) in [6.07, 6.45) is 1.97. The van der Waals surface area contributed by atoms with E-state index in [0.29, 0.717) is 11.6 Å². The van der Waals surface area contributed by atoms with Gasteiger partial charge in [0, 0.05) is 11.6 Å². The van der Waals surface area contributed by atoms with Crippen molar-refractivity contribution >= 4 is 0 Å². The number of imidazole rings is 1. The van der Waals surface area contributed by atoms with Gasteiger partial charge >= 0.3 is 0 Å². The van der Waals surface area contributed by atoms with Crippen LogP contribution in [0.25, 0.3) is 11.3 Å². The SMILES string of the molecule is COc1cc(C)c(-c2cnc(CC#N)[nH]2)c(OC)c1. The number of hydrogen-bond donors (Lipinski definition) is 1. The molecule has 0 aliphatic rings. The van der Waals surface area contributed by atoms with E-state index in [1.807, 2.05) is 19.1 Å². The first-order valence-electron chi connectivity index (χ1n) is 5.83. The normalized spacial score (nSPS) is 10.0. The molecule has 1 N–H and O–H groups in total. The Morgan fingerprint density at radius 3 is 2.74 bits per heavy atom. The van der Waals surface area contributed by atoms with Gasteiger partial charge in [0.15, 0.2) is 0 Å². The molecule has 1 heterocycles. The molecule has 2 rings (SSSR count). The summed E-state index contributed by atoms with van der Waals surface area (Å²) >= 11 is 0. The zero-order valence-electron chi connectivity index (χ0n) is 11.2. The number of aryl methyl sites for hydroxylation is 1. The van der Waals surface area contributed by atoms with E-state index in [1.54, 1.807) is 20.4 Å². The smallest absolute Gasteiger partial charge is 0.132 e. The predicted molar refractivity (Wildman–Crippen MR) is 71.2 cm³/mol. The third-order valence-electron chi connectivity index (χ3n) is 2.87. The second-order valence-electron chi connectivity index (χ2n) is 4.10. The van der Waals surface area contributed by atoms with Crippen molar-refractivity contribution < 1.29 is 9.47 Å². The van der Waals surface area contributed by atoms with E-state index in [1.165, 1.54) is 0 Å². The maximum Gasteiger partial charge on any atom is 0.132 e. The van der Waals surface area contributed by atoms with E-state index in [0.717, 1.165) is 22.6 Å². The Balaban J connectivity index is 2.51. The predicted octanol–water partition coefficient (Wildman–Crippen LogP) is 2.47. The molecule has 5 nitrogen and oxygen atoms in total. The van der Waals surface area contributed by atoms with Gasteiger partial charge in [-0.2, -0.15) is 5.26 Å². The van der Waals surface area contributed by atoms with Crippen molar-refractivity contribution in [1.29, 1.82) is 5.26 Å². The number of benzene rings is 1. The second kappa shape index (κ2) is 5.44. The van der Waals surface area contributed by atoms with E-state index >= 15 is 0 Å². The largest absolute Gasteiger partial charge is 0.497 e. The molecule has 1 aromatic carbocycles. The van der Waals surface area contributed by atoms with Crippen LogP contribution < -0.4 is 9.47 Å². The van der Waals surface area contributed by atoms with Gasteiger partial charge in [-0.1, -0.05) is 0 Å². The molecule has 0 bridgehead atoms. The maximum absolute atomic E-state index is 8.67. The van der Waals surface area contributed by atoms with Crippen molar-refractivity contribution in [2.24, 2.45) is 0 Å². The maximum atomic E-state index is 8.67. The average Bonchev–Trinajstić information content (AvgIpc) is 2.86. The first kappa shape index (κ1) is 13.0. The summed E-state index contributed by atoms with van der Waals surface area (Å²) < 4.78 is 10.6. The van der Waals surface area contributed by atoms with Crippen LogP contribution in [0.5, 0.6) is 11.5 Å². The Hall–Kier alpha value is -2.48. The van der Waals surface area contributed by atoms with Gasteiger partial charge in [0.1, 0.15) is 17.3 Å². The van der Waals surface area contributed by atoms with Crippen LogP contribution in [0.3, 0.4) is 0 Å². The van der Waals surface area contributed by atoms with Crippen LogP contribution in [0.4, 0.5) is 0 Å². The van der Waals surface area contributed by atoms with Gasteiger partial charge in [-0.05, 0) is 18.6 Å². The van der Waals surface area contributed by atoms with Gasteiger partial charge in [-0.3, -0.25) is 0 Å². The quantitative estimate of drug-likeness (QED) is 0.913. The minimum absolute atomic E-state index is 0.261. The van der Waals surface area contributed by atoms with Gasteiger partial charge in [0.2, 0.25) is 0 Å². The Morgan fingerprint density at radius 1 is 1.32 bits per heavy atom. The van der Waals surface area contributed by atoms with Crippen molar-refractivity contribution in [2.75, 3.05) is 14.2 Å². The summed E-state index contributed by atoms with van der Waals surface area (Å²) in [7, 11) is 3.24. The molecule has 0 aliphatic heterocycles. The van der Waals surface area contributed by atoms with Crippen LogP contribution in [-0.2, 0) is 6.42 Å². The third-order valence-corrected chi connectivity index (χ3v) is 2.87. The fraction of sp³-hybridized carbons (Fsp3) is 0.286. The molecule has 0 unspecified atom stereocenters. The van der Waals surface area contributed by atoms with Crippen LogP contribution in [0.15, 0.2) is 18.3 Å². The van der Waals surface area contributed by atoms with E-state index in [9.17, 15) is 0 Å². The molecule has 98 valence electrons. The van der Waals surface area contributed by atoms with Crippen molar-refractivity contribution in [3.8, 4) is 28.8 Å². The highest BCUT2D eigenvalue weighted by atomic mass is 16.5. The lowest BCUT2D eigenvalue weighted by Gasteiger charge is -2.12. The highest BCUT2D eigenvalue weighted by Gasteiger charge is 2.14. The number of ether oxygens (including phenoxy) is 2. The van der Waals surface area contributed by atoms with Gasteiger partial charge in [-0.15, -0.1) is 0 Å². The standard InChI is InChI=1S/C14H15N3O2/c1-9-6-10(18-2)7-12(19-3)14(9)11-8-16-13(17-11)4-5-15/h6-8H,4H2,1-3H3,(H,16,17). The van der Waals surface area contributed by atoms with E-state index in [4.69, 9.17) is 14.7 Å². The van der Waals surface area contributed by atoms with Crippen molar-refractivity contribution in [3.05, 3.63) is 29.7 Å². The number of aromatic nitrogens is 2. The topological polar surface area (TPSA) is 70.9 Å². The molecule has 0 saturated carbocycles. The fourth-order valence-corrected chi connectivity index (χ4v) is 2.00. The Bertz CT molecular complexity index is 626. The minimum atomic E-state index is 0.261. The number of H-pyrrole nitrogens is 1. The molecule has 0 radical (unpaired) electrons. The molecular formula is C14H15N3O2. The third kappa shape index (κ3) is 2.52. The van der Waals surface area contributed by atoms with Crippen molar-refractivity contribution in [2.45, 2.75) is 13.3 Å². The van der Waals surface area contributed by atoms with Crippen molar-refractivity contribution in [1.82, 2.24) is 9.97 Å².